The molecule has 1 N–H and O–H groups in total. The predicted octanol–water partition coefficient (Wildman–Crippen LogP) is 3.62. The zero-order chi connectivity index (χ0) is 27.6. The van der Waals surface area contributed by atoms with E-state index in [1.807, 2.05) is 36.4 Å². The van der Waals surface area contributed by atoms with Crippen LogP contribution < -0.4 is 14.4 Å². The number of benzene rings is 2. The van der Waals surface area contributed by atoms with Gasteiger partial charge in [-0.1, -0.05) is 18.2 Å². The lowest BCUT2D eigenvalue weighted by Crippen LogP contribution is -2.54. The summed E-state index contributed by atoms with van der Waals surface area (Å²) in [7, 11) is 4.96. The van der Waals surface area contributed by atoms with E-state index in [4.69, 9.17) is 28.4 Å². The van der Waals surface area contributed by atoms with Crippen molar-refractivity contribution in [2.24, 2.45) is 0 Å². The zero-order valence-corrected chi connectivity index (χ0v) is 23.0. The van der Waals surface area contributed by atoms with E-state index in [1.54, 1.807) is 21.3 Å². The van der Waals surface area contributed by atoms with E-state index < -0.39 is 18.3 Å². The molecule has 2 aliphatic rings. The number of likely N-dealkylation sites (tertiary alicyclic amines) is 1. The molecule has 1 amide bonds. The number of ether oxygens (including phenoxy) is 6. The van der Waals surface area contributed by atoms with Gasteiger partial charge in [-0.25, -0.2) is 4.79 Å². The molecule has 0 aliphatic carbocycles. The minimum Gasteiger partial charge on any atom is -0.497 e. The van der Waals surface area contributed by atoms with Crippen LogP contribution in [0, 0.1) is 0 Å². The Labute approximate surface area is 230 Å². The van der Waals surface area contributed by atoms with E-state index in [2.05, 4.69) is 11.0 Å². The Bertz CT molecular complexity index is 1050. The highest BCUT2D eigenvalue weighted by Crippen LogP contribution is 2.36. The molecule has 39 heavy (non-hydrogen) atoms. The Morgan fingerprint density at radius 1 is 0.974 bits per heavy atom. The van der Waals surface area contributed by atoms with Gasteiger partial charge < -0.3 is 43.3 Å². The third kappa shape index (κ3) is 7.54. The Morgan fingerprint density at radius 2 is 1.72 bits per heavy atom. The van der Waals surface area contributed by atoms with Crippen molar-refractivity contribution in [3.8, 4) is 11.5 Å². The first kappa shape index (κ1) is 28.9. The van der Waals surface area contributed by atoms with Gasteiger partial charge in [-0.2, -0.15) is 0 Å². The quantitative estimate of drug-likeness (QED) is 0.379. The lowest BCUT2D eigenvalue weighted by atomic mass is 9.84. The van der Waals surface area contributed by atoms with Crippen molar-refractivity contribution in [3.05, 3.63) is 53.6 Å². The summed E-state index contributed by atoms with van der Waals surface area (Å²) in [6.45, 7) is 4.65. The number of amides is 1. The molecule has 214 valence electrons. The molecular weight excluding hydrogens is 504 g/mol. The van der Waals surface area contributed by atoms with Gasteiger partial charge in [-0.3, -0.25) is 0 Å². The van der Waals surface area contributed by atoms with Crippen LogP contribution in [0.15, 0.2) is 42.5 Å². The molecule has 2 aliphatic heterocycles. The zero-order valence-electron chi connectivity index (χ0n) is 23.0. The molecule has 2 aromatic rings. The molecule has 3 atom stereocenters. The lowest BCUT2D eigenvalue weighted by molar-refractivity contribution is -0.0949. The molecule has 0 radical (unpaired) electrons. The fourth-order valence-electron chi connectivity index (χ4n) is 5.23. The minimum atomic E-state index is -0.991. The summed E-state index contributed by atoms with van der Waals surface area (Å²) in [5.41, 5.74) is 3.05. The summed E-state index contributed by atoms with van der Waals surface area (Å²) in [6, 6.07) is 13.9. The highest BCUT2D eigenvalue weighted by molar-refractivity contribution is 5.65. The smallest absolute Gasteiger partial charge is 0.407 e. The van der Waals surface area contributed by atoms with Crippen LogP contribution >= 0.6 is 0 Å². The molecule has 0 saturated carbocycles. The highest BCUT2D eigenvalue weighted by Gasteiger charge is 2.41. The average Bonchev–Trinajstić information content (AvgIpc) is 2.96. The largest absolute Gasteiger partial charge is 0.497 e. The van der Waals surface area contributed by atoms with E-state index in [-0.39, 0.29) is 19.0 Å². The summed E-state index contributed by atoms with van der Waals surface area (Å²) in [5, 5.41) is 9.85. The molecule has 4 rings (SSSR count). The second-order valence-corrected chi connectivity index (χ2v) is 9.72. The normalized spacial score (nSPS) is 20.8. The van der Waals surface area contributed by atoms with Crippen LogP contribution in [0.25, 0.3) is 0 Å². The van der Waals surface area contributed by atoms with Crippen molar-refractivity contribution in [2.45, 2.75) is 31.2 Å². The maximum atomic E-state index is 12.0. The summed E-state index contributed by atoms with van der Waals surface area (Å²) in [5.74, 6) is 1.44. The third-order valence-corrected chi connectivity index (χ3v) is 7.22. The van der Waals surface area contributed by atoms with Crippen LogP contribution in [0.3, 0.4) is 0 Å². The number of hydrogen-bond acceptors (Lipinski definition) is 8. The van der Waals surface area contributed by atoms with Gasteiger partial charge in [0.2, 0.25) is 0 Å². The Balaban J connectivity index is 1.55. The van der Waals surface area contributed by atoms with Crippen LogP contribution in [-0.4, -0.2) is 102 Å². The van der Waals surface area contributed by atoms with Crippen LogP contribution in [0.5, 0.6) is 11.5 Å². The van der Waals surface area contributed by atoms with Crippen molar-refractivity contribution in [1.29, 1.82) is 0 Å². The average molecular weight is 545 g/mol. The molecule has 10 nitrogen and oxygen atoms in total. The Morgan fingerprint density at radius 3 is 2.41 bits per heavy atom. The first-order chi connectivity index (χ1) is 19.0. The third-order valence-electron chi connectivity index (χ3n) is 7.22. The number of carbonyl (C=O) groups is 1. The summed E-state index contributed by atoms with van der Waals surface area (Å²) >= 11 is 0. The predicted molar refractivity (Wildman–Crippen MR) is 146 cm³/mol. The summed E-state index contributed by atoms with van der Waals surface area (Å²) in [4.78, 5) is 15.7. The number of hydrogen-bond donors (Lipinski definition) is 1. The number of carboxylic acid groups (broad SMARTS) is 1. The fraction of sp³-hybridized carbons (Fsp3) is 0.552. The highest BCUT2D eigenvalue weighted by atomic mass is 16.5. The monoisotopic (exact) mass is 544 g/mol. The molecule has 0 aromatic heterocycles. The van der Waals surface area contributed by atoms with E-state index in [1.165, 1.54) is 4.90 Å². The number of nitrogens with zero attached hydrogens (tertiary/aromatic N) is 2. The second-order valence-electron chi connectivity index (χ2n) is 9.72. The summed E-state index contributed by atoms with van der Waals surface area (Å²) < 4.78 is 34.3. The van der Waals surface area contributed by atoms with Gasteiger partial charge in [0.15, 0.2) is 0 Å². The van der Waals surface area contributed by atoms with Crippen molar-refractivity contribution in [2.75, 3.05) is 78.8 Å². The van der Waals surface area contributed by atoms with E-state index >= 15 is 0 Å². The molecule has 3 unspecified atom stereocenters. The van der Waals surface area contributed by atoms with Crippen LogP contribution in [0.2, 0.25) is 0 Å². The fourth-order valence-corrected chi connectivity index (χ4v) is 5.23. The number of fused-ring (bicyclic) bond motifs is 1. The number of methoxy groups -OCH3 is 3. The van der Waals surface area contributed by atoms with Gasteiger partial charge in [-0.15, -0.1) is 0 Å². The first-order valence-corrected chi connectivity index (χ1v) is 13.4. The van der Waals surface area contributed by atoms with E-state index in [0.717, 1.165) is 47.8 Å². The van der Waals surface area contributed by atoms with Gasteiger partial charge in [0, 0.05) is 33.3 Å². The van der Waals surface area contributed by atoms with Gasteiger partial charge in [-0.05, 0) is 41.8 Å². The molecule has 10 heteroatoms. The van der Waals surface area contributed by atoms with Gasteiger partial charge in [0.05, 0.1) is 64.5 Å². The second kappa shape index (κ2) is 14.4. The first-order valence-electron chi connectivity index (χ1n) is 13.4. The summed E-state index contributed by atoms with van der Waals surface area (Å²) in [6.07, 6.45) is -0.871. The van der Waals surface area contributed by atoms with Crippen molar-refractivity contribution in [1.82, 2.24) is 4.90 Å². The maximum Gasteiger partial charge on any atom is 0.407 e. The van der Waals surface area contributed by atoms with Gasteiger partial charge in [0.1, 0.15) is 18.1 Å². The topological polar surface area (TPSA) is 99.2 Å². The Hall–Kier alpha value is -3.05. The standard InChI is InChI=1S/C29H40N2O8/c1-34-13-4-11-30-12-14-37-25-10-5-21(17-24(25)30)20-39-27-19-31(29(32)33)18-26(38-16-15-35-2)28(27)22-6-8-23(36-3)9-7-22/h5-10,17,26-28H,4,11-16,18-20H2,1-3H3,(H,32,33). The molecule has 1 saturated heterocycles. The lowest BCUT2D eigenvalue weighted by Gasteiger charge is -2.42. The van der Waals surface area contributed by atoms with Gasteiger partial charge >= 0.3 is 6.09 Å². The molecule has 1 fully saturated rings. The molecule has 0 spiro atoms. The van der Waals surface area contributed by atoms with Crippen LogP contribution in [-0.2, 0) is 25.6 Å². The van der Waals surface area contributed by atoms with E-state index in [9.17, 15) is 9.90 Å². The maximum absolute atomic E-state index is 12.0. The van der Waals surface area contributed by atoms with Crippen molar-refractivity contribution < 1.29 is 38.3 Å². The molecule has 0 bridgehead atoms. The van der Waals surface area contributed by atoms with E-state index in [0.29, 0.717) is 33.0 Å². The SMILES string of the molecule is COCCCN1CCOc2ccc(COC3CN(C(=O)O)CC(OCCOC)C3c3ccc(OC)cc3)cc21. The number of anilines is 1. The van der Waals surface area contributed by atoms with Crippen LogP contribution in [0.4, 0.5) is 10.5 Å². The van der Waals surface area contributed by atoms with Crippen molar-refractivity contribution >= 4 is 11.8 Å². The molecule has 2 heterocycles. The molecular formula is C29H40N2O8. The number of piperidine rings is 1. The van der Waals surface area contributed by atoms with Crippen LogP contribution in [0.1, 0.15) is 23.5 Å². The molecule has 2 aromatic carbocycles. The Kier molecular flexibility index (Phi) is 10.7. The van der Waals surface area contributed by atoms with Crippen molar-refractivity contribution in [3.63, 3.8) is 0 Å². The number of rotatable bonds is 13. The van der Waals surface area contributed by atoms with Gasteiger partial charge in [0.25, 0.3) is 0 Å². The minimum absolute atomic E-state index is 0.171.